The van der Waals surface area contributed by atoms with Gasteiger partial charge in [0.15, 0.2) is 0 Å². The number of ether oxygens (including phenoxy) is 1. The van der Waals surface area contributed by atoms with Crippen LogP contribution in [-0.4, -0.2) is 23.7 Å². The average Bonchev–Trinajstić information content (AvgIpc) is 2.87. The Kier molecular flexibility index (Phi) is 3.83. The molecule has 3 rings (SSSR count). The summed E-state index contributed by atoms with van der Waals surface area (Å²) in [6.07, 6.45) is 3.19. The highest BCUT2D eigenvalue weighted by Crippen LogP contribution is 2.43. The Morgan fingerprint density at radius 2 is 2.16 bits per heavy atom. The molecule has 104 valence electrons. The summed E-state index contributed by atoms with van der Waals surface area (Å²) >= 11 is 1.98. The predicted molar refractivity (Wildman–Crippen MR) is 76.7 cm³/mol. The van der Waals surface area contributed by atoms with Crippen LogP contribution < -0.4 is 5.73 Å². The Balaban J connectivity index is 1.72. The SMILES string of the molecule is NC(c1ccc(F)cc1)C1CCOC2(CCSC2)C1. The van der Waals surface area contributed by atoms with E-state index in [0.717, 1.165) is 37.2 Å². The fourth-order valence-electron chi connectivity index (χ4n) is 3.19. The molecule has 0 saturated carbocycles. The molecule has 2 N–H and O–H groups in total. The number of hydrogen-bond acceptors (Lipinski definition) is 3. The van der Waals surface area contributed by atoms with E-state index in [1.54, 1.807) is 0 Å². The molecule has 19 heavy (non-hydrogen) atoms. The van der Waals surface area contributed by atoms with Gasteiger partial charge in [-0.15, -0.1) is 0 Å². The first-order chi connectivity index (χ1) is 9.19. The number of rotatable bonds is 2. The Morgan fingerprint density at radius 1 is 1.37 bits per heavy atom. The quantitative estimate of drug-likeness (QED) is 0.904. The van der Waals surface area contributed by atoms with Crippen LogP contribution in [0, 0.1) is 11.7 Å². The first kappa shape index (κ1) is 13.4. The fourth-order valence-corrected chi connectivity index (χ4v) is 4.57. The van der Waals surface area contributed by atoms with Crippen molar-refractivity contribution in [2.24, 2.45) is 11.7 Å². The minimum absolute atomic E-state index is 0.00743. The number of thioether (sulfide) groups is 1. The highest BCUT2D eigenvalue weighted by Gasteiger charge is 2.42. The molecule has 1 spiro atoms. The fraction of sp³-hybridized carbons (Fsp3) is 0.600. The summed E-state index contributed by atoms with van der Waals surface area (Å²) in [5.74, 6) is 2.53. The Labute approximate surface area is 117 Å². The monoisotopic (exact) mass is 281 g/mol. The van der Waals surface area contributed by atoms with Crippen LogP contribution in [0.5, 0.6) is 0 Å². The van der Waals surface area contributed by atoms with Crippen LogP contribution in [0.3, 0.4) is 0 Å². The zero-order valence-corrected chi connectivity index (χ0v) is 11.8. The van der Waals surface area contributed by atoms with E-state index in [1.807, 2.05) is 23.9 Å². The van der Waals surface area contributed by atoms with Crippen LogP contribution in [-0.2, 0) is 4.74 Å². The van der Waals surface area contributed by atoms with Crippen LogP contribution in [0.2, 0.25) is 0 Å². The molecular formula is C15H20FNOS. The van der Waals surface area contributed by atoms with Crippen LogP contribution in [0.4, 0.5) is 4.39 Å². The predicted octanol–water partition coefficient (Wildman–Crippen LogP) is 3.13. The molecule has 1 aromatic carbocycles. The van der Waals surface area contributed by atoms with E-state index >= 15 is 0 Å². The third-order valence-electron chi connectivity index (χ3n) is 4.36. The molecule has 2 aliphatic rings. The zero-order chi connectivity index (χ0) is 13.3. The summed E-state index contributed by atoms with van der Waals surface area (Å²) in [4.78, 5) is 0. The molecule has 4 heteroatoms. The van der Waals surface area contributed by atoms with Crippen molar-refractivity contribution in [3.8, 4) is 0 Å². The molecule has 2 saturated heterocycles. The third-order valence-corrected chi connectivity index (χ3v) is 5.58. The second-order valence-electron chi connectivity index (χ2n) is 5.66. The van der Waals surface area contributed by atoms with E-state index in [0.29, 0.717) is 5.92 Å². The molecule has 2 fully saturated rings. The number of hydrogen-bond donors (Lipinski definition) is 1. The lowest BCUT2D eigenvalue weighted by atomic mass is 9.79. The molecule has 3 unspecified atom stereocenters. The van der Waals surface area contributed by atoms with Gasteiger partial charge in [-0.2, -0.15) is 11.8 Å². The van der Waals surface area contributed by atoms with Crippen molar-refractivity contribution < 1.29 is 9.13 Å². The van der Waals surface area contributed by atoms with E-state index < -0.39 is 0 Å². The first-order valence-electron chi connectivity index (χ1n) is 6.91. The van der Waals surface area contributed by atoms with Crippen molar-refractivity contribution >= 4 is 11.8 Å². The van der Waals surface area contributed by atoms with Gasteiger partial charge < -0.3 is 10.5 Å². The molecule has 2 heterocycles. The van der Waals surface area contributed by atoms with Crippen LogP contribution in [0.15, 0.2) is 24.3 Å². The van der Waals surface area contributed by atoms with E-state index in [9.17, 15) is 4.39 Å². The van der Waals surface area contributed by atoms with Gasteiger partial charge in [0.05, 0.1) is 5.60 Å². The molecule has 2 nitrogen and oxygen atoms in total. The van der Waals surface area contributed by atoms with E-state index in [1.165, 1.54) is 17.9 Å². The molecule has 0 aliphatic carbocycles. The van der Waals surface area contributed by atoms with Gasteiger partial charge in [-0.25, -0.2) is 4.39 Å². The summed E-state index contributed by atoms with van der Waals surface area (Å²) in [5, 5.41) is 0. The smallest absolute Gasteiger partial charge is 0.123 e. The average molecular weight is 281 g/mol. The van der Waals surface area contributed by atoms with Crippen LogP contribution >= 0.6 is 11.8 Å². The summed E-state index contributed by atoms with van der Waals surface area (Å²) in [5.41, 5.74) is 7.48. The number of benzene rings is 1. The first-order valence-corrected chi connectivity index (χ1v) is 8.07. The van der Waals surface area contributed by atoms with Crippen molar-refractivity contribution in [2.45, 2.75) is 30.9 Å². The second kappa shape index (κ2) is 5.43. The largest absolute Gasteiger partial charge is 0.374 e. The summed E-state index contributed by atoms with van der Waals surface area (Å²) < 4.78 is 19.0. The van der Waals surface area contributed by atoms with Gasteiger partial charge in [0.1, 0.15) is 5.82 Å². The molecule has 2 aliphatic heterocycles. The van der Waals surface area contributed by atoms with Crippen molar-refractivity contribution in [3.63, 3.8) is 0 Å². The lowest BCUT2D eigenvalue weighted by molar-refractivity contribution is -0.0834. The summed E-state index contributed by atoms with van der Waals surface area (Å²) in [6.45, 7) is 0.806. The highest BCUT2D eigenvalue weighted by molar-refractivity contribution is 7.99. The Bertz CT molecular complexity index is 430. The molecule has 1 aromatic rings. The Morgan fingerprint density at radius 3 is 2.84 bits per heavy atom. The second-order valence-corrected chi connectivity index (χ2v) is 6.77. The maximum atomic E-state index is 13.0. The molecule has 0 amide bonds. The van der Waals surface area contributed by atoms with Crippen molar-refractivity contribution in [2.75, 3.05) is 18.1 Å². The van der Waals surface area contributed by atoms with Gasteiger partial charge >= 0.3 is 0 Å². The van der Waals surface area contributed by atoms with E-state index in [4.69, 9.17) is 10.5 Å². The van der Waals surface area contributed by atoms with Gasteiger partial charge in [-0.1, -0.05) is 12.1 Å². The summed E-state index contributed by atoms with van der Waals surface area (Å²) in [7, 11) is 0. The lowest BCUT2D eigenvalue weighted by Crippen LogP contribution is -2.42. The van der Waals surface area contributed by atoms with Gasteiger partial charge in [0.25, 0.3) is 0 Å². The molecule has 3 atom stereocenters. The van der Waals surface area contributed by atoms with E-state index in [-0.39, 0.29) is 17.5 Å². The molecule has 0 bridgehead atoms. The lowest BCUT2D eigenvalue weighted by Gasteiger charge is -2.40. The number of halogens is 1. The highest BCUT2D eigenvalue weighted by atomic mass is 32.2. The van der Waals surface area contributed by atoms with Gasteiger partial charge in [-0.3, -0.25) is 0 Å². The third kappa shape index (κ3) is 2.81. The number of nitrogens with two attached hydrogens (primary N) is 1. The minimum atomic E-state index is -0.202. The topological polar surface area (TPSA) is 35.2 Å². The van der Waals surface area contributed by atoms with Gasteiger partial charge in [-0.05, 0) is 48.6 Å². The molecular weight excluding hydrogens is 261 g/mol. The van der Waals surface area contributed by atoms with Crippen LogP contribution in [0.25, 0.3) is 0 Å². The maximum absolute atomic E-state index is 13.0. The minimum Gasteiger partial charge on any atom is -0.374 e. The zero-order valence-electron chi connectivity index (χ0n) is 11.0. The van der Waals surface area contributed by atoms with Gasteiger partial charge in [0, 0.05) is 18.4 Å². The standard InChI is InChI=1S/C15H20FNOS/c16-13-3-1-11(2-4-13)14(17)12-5-7-18-15(9-12)6-8-19-10-15/h1-4,12,14H,5-10,17H2. The van der Waals surface area contributed by atoms with Crippen LogP contribution in [0.1, 0.15) is 30.9 Å². The summed E-state index contributed by atoms with van der Waals surface area (Å²) in [6, 6.07) is 6.61. The molecule has 0 radical (unpaired) electrons. The maximum Gasteiger partial charge on any atom is 0.123 e. The van der Waals surface area contributed by atoms with Crippen molar-refractivity contribution in [3.05, 3.63) is 35.6 Å². The molecule has 0 aromatic heterocycles. The van der Waals surface area contributed by atoms with E-state index in [2.05, 4.69) is 0 Å². The van der Waals surface area contributed by atoms with Gasteiger partial charge in [0.2, 0.25) is 0 Å². The normalized spacial score (nSPS) is 32.6. The van der Waals surface area contributed by atoms with Crippen molar-refractivity contribution in [1.82, 2.24) is 0 Å². The Hall–Kier alpha value is -0.580. The van der Waals surface area contributed by atoms with Crippen molar-refractivity contribution in [1.29, 1.82) is 0 Å².